The highest BCUT2D eigenvalue weighted by molar-refractivity contribution is 5.67. The number of fused-ring (bicyclic) bond motifs is 2. The maximum absolute atomic E-state index is 6.70. The second-order valence-corrected chi connectivity index (χ2v) is 9.67. The highest BCUT2D eigenvalue weighted by Crippen LogP contribution is 2.69. The number of ether oxygens (including phenoxy) is 2. The van der Waals surface area contributed by atoms with Crippen LogP contribution in [0.15, 0.2) is 24.3 Å². The third-order valence-electron chi connectivity index (χ3n) is 9.08. The fraction of sp³-hybridized carbons (Fsp3) is 0.750. The normalized spacial score (nSPS) is 49.6. The number of benzene rings is 1. The van der Waals surface area contributed by atoms with E-state index in [2.05, 4.69) is 61.9 Å². The highest BCUT2D eigenvalue weighted by atomic mass is 16.5. The first kappa shape index (κ1) is 17.7. The third-order valence-corrected chi connectivity index (χ3v) is 9.08. The van der Waals surface area contributed by atoms with Gasteiger partial charge in [-0.15, -0.1) is 0 Å². The van der Waals surface area contributed by atoms with Gasteiger partial charge in [0.15, 0.2) is 0 Å². The Kier molecular flexibility index (Phi) is 3.78. The van der Waals surface area contributed by atoms with Gasteiger partial charge < -0.3 is 14.4 Å². The molecular weight excluding hydrogens is 348 g/mol. The van der Waals surface area contributed by atoms with Crippen molar-refractivity contribution in [1.82, 2.24) is 4.90 Å². The van der Waals surface area contributed by atoms with Crippen LogP contribution in [-0.4, -0.2) is 55.6 Å². The van der Waals surface area contributed by atoms with E-state index >= 15 is 0 Å². The smallest absolute Gasteiger partial charge is 0.114 e. The fourth-order valence-electron chi connectivity index (χ4n) is 8.63. The maximum atomic E-state index is 6.70. The van der Waals surface area contributed by atoms with E-state index in [1.54, 1.807) is 5.56 Å². The van der Waals surface area contributed by atoms with Crippen molar-refractivity contribution in [3.8, 4) is 0 Å². The standard InChI is InChI=1S/C24H34N2O2/c1-5-14-15-12-18-21-24(16-10-8-9-11-17(16)25(21)4)13-19(20(15)22(24)27-6-2)26(18)23(14)28-7-3/h8-11,14-15,18-23H,5-7,12-13H2,1-4H3/t14-,15-,18-,19-,20?,21-,22?,23+,24+/m0/s1. The zero-order valence-corrected chi connectivity index (χ0v) is 17.7. The van der Waals surface area contributed by atoms with Gasteiger partial charge in [-0.1, -0.05) is 25.1 Å². The number of piperidine rings is 4. The number of anilines is 1. The van der Waals surface area contributed by atoms with Crippen LogP contribution in [0.1, 0.15) is 45.6 Å². The largest absolute Gasteiger partial charge is 0.377 e. The predicted molar refractivity (Wildman–Crippen MR) is 111 cm³/mol. The lowest BCUT2D eigenvalue weighted by atomic mass is 9.62. The molecule has 4 nitrogen and oxygen atoms in total. The molecule has 0 radical (unpaired) electrons. The van der Waals surface area contributed by atoms with Crippen LogP contribution >= 0.6 is 0 Å². The van der Waals surface area contributed by atoms with Crippen molar-refractivity contribution in [2.75, 3.05) is 25.2 Å². The van der Waals surface area contributed by atoms with E-state index < -0.39 is 0 Å². The minimum absolute atomic E-state index is 0.159. The summed E-state index contributed by atoms with van der Waals surface area (Å²) in [6.45, 7) is 8.34. The Bertz CT molecular complexity index is 784. The number of hydrogen-bond donors (Lipinski definition) is 0. The Labute approximate surface area is 169 Å². The molecule has 5 bridgehead atoms. The topological polar surface area (TPSA) is 24.9 Å². The minimum Gasteiger partial charge on any atom is -0.377 e. The molecule has 10 atom stereocenters. The molecule has 6 aliphatic rings. The number of para-hydroxylation sites is 1. The average Bonchev–Trinajstić information content (AvgIpc) is 3.11. The van der Waals surface area contributed by atoms with Crippen LogP contribution in [0.5, 0.6) is 0 Å². The molecule has 1 aromatic rings. The molecule has 1 saturated carbocycles. The molecule has 3 unspecified atom stereocenters. The van der Waals surface area contributed by atoms with Gasteiger partial charge in [0.25, 0.3) is 0 Å². The first-order valence-corrected chi connectivity index (χ1v) is 11.5. The van der Waals surface area contributed by atoms with Crippen molar-refractivity contribution in [1.29, 1.82) is 0 Å². The van der Waals surface area contributed by atoms with Gasteiger partial charge in [0.1, 0.15) is 6.23 Å². The lowest BCUT2D eigenvalue weighted by Crippen LogP contribution is -2.73. The monoisotopic (exact) mass is 382 g/mol. The number of nitrogens with zero attached hydrogens (tertiary/aromatic N) is 2. The molecule has 4 heteroatoms. The Morgan fingerprint density at radius 2 is 1.86 bits per heavy atom. The molecule has 5 fully saturated rings. The van der Waals surface area contributed by atoms with E-state index in [-0.39, 0.29) is 5.41 Å². The van der Waals surface area contributed by atoms with Crippen molar-refractivity contribution in [3.63, 3.8) is 0 Å². The summed E-state index contributed by atoms with van der Waals surface area (Å²) in [5, 5.41) is 0. The molecule has 0 N–H and O–H groups in total. The van der Waals surface area contributed by atoms with E-state index in [1.165, 1.54) is 24.9 Å². The summed E-state index contributed by atoms with van der Waals surface area (Å²) in [5.74, 6) is 2.04. The van der Waals surface area contributed by atoms with Crippen LogP contribution in [0.25, 0.3) is 0 Å². The quantitative estimate of drug-likeness (QED) is 0.776. The molecule has 4 saturated heterocycles. The molecule has 0 amide bonds. The summed E-state index contributed by atoms with van der Waals surface area (Å²) in [4.78, 5) is 5.45. The highest BCUT2D eigenvalue weighted by Gasteiger charge is 2.77. The molecule has 5 aliphatic heterocycles. The third kappa shape index (κ3) is 1.80. The predicted octanol–water partition coefficient (Wildman–Crippen LogP) is 3.64. The second kappa shape index (κ2) is 5.96. The number of hydrogen-bond acceptors (Lipinski definition) is 4. The van der Waals surface area contributed by atoms with Gasteiger partial charge in [-0.25, -0.2) is 0 Å². The van der Waals surface area contributed by atoms with E-state index in [4.69, 9.17) is 9.47 Å². The zero-order valence-electron chi connectivity index (χ0n) is 17.7. The lowest BCUT2D eigenvalue weighted by Gasteiger charge is -2.63. The first-order chi connectivity index (χ1) is 13.7. The van der Waals surface area contributed by atoms with Crippen molar-refractivity contribution < 1.29 is 9.47 Å². The summed E-state index contributed by atoms with van der Waals surface area (Å²) in [6.07, 6.45) is 4.41. The van der Waals surface area contributed by atoms with E-state index in [0.717, 1.165) is 19.1 Å². The van der Waals surface area contributed by atoms with Gasteiger partial charge in [0, 0.05) is 55.3 Å². The van der Waals surface area contributed by atoms with Crippen molar-refractivity contribution in [2.45, 2.75) is 75.9 Å². The number of rotatable bonds is 5. The first-order valence-electron chi connectivity index (χ1n) is 11.5. The molecular formula is C24H34N2O2. The Hall–Kier alpha value is -1.10. The van der Waals surface area contributed by atoms with Gasteiger partial charge in [0.2, 0.25) is 0 Å². The molecule has 1 aromatic carbocycles. The minimum atomic E-state index is 0.159. The van der Waals surface area contributed by atoms with E-state index in [1.807, 2.05) is 0 Å². The van der Waals surface area contributed by atoms with Gasteiger partial charge in [-0.05, 0) is 50.7 Å². The van der Waals surface area contributed by atoms with Gasteiger partial charge in [0.05, 0.1) is 12.1 Å². The lowest BCUT2D eigenvalue weighted by molar-refractivity contribution is -0.231. The molecule has 5 heterocycles. The molecule has 152 valence electrons. The summed E-state index contributed by atoms with van der Waals surface area (Å²) in [5.41, 5.74) is 3.15. The zero-order chi connectivity index (χ0) is 19.2. The fourth-order valence-corrected chi connectivity index (χ4v) is 8.63. The van der Waals surface area contributed by atoms with Crippen LogP contribution in [0, 0.1) is 17.8 Å². The summed E-state index contributed by atoms with van der Waals surface area (Å²) >= 11 is 0. The summed E-state index contributed by atoms with van der Waals surface area (Å²) in [6, 6.07) is 10.9. The molecule has 1 aliphatic carbocycles. The van der Waals surface area contributed by atoms with Crippen LogP contribution in [0.3, 0.4) is 0 Å². The van der Waals surface area contributed by atoms with Crippen LogP contribution in [0.2, 0.25) is 0 Å². The summed E-state index contributed by atoms with van der Waals surface area (Å²) < 4.78 is 13.1. The van der Waals surface area contributed by atoms with Crippen molar-refractivity contribution in [2.24, 2.45) is 17.8 Å². The van der Waals surface area contributed by atoms with Crippen molar-refractivity contribution >= 4 is 5.69 Å². The maximum Gasteiger partial charge on any atom is 0.114 e. The van der Waals surface area contributed by atoms with Crippen LogP contribution in [0.4, 0.5) is 5.69 Å². The van der Waals surface area contributed by atoms with E-state index in [9.17, 15) is 0 Å². The van der Waals surface area contributed by atoms with Crippen molar-refractivity contribution in [3.05, 3.63) is 29.8 Å². The number of likely N-dealkylation sites (N-methyl/N-ethyl adjacent to an activating group) is 1. The second-order valence-electron chi connectivity index (χ2n) is 9.67. The van der Waals surface area contributed by atoms with Crippen LogP contribution in [-0.2, 0) is 14.9 Å². The van der Waals surface area contributed by atoms with Gasteiger partial charge in [-0.2, -0.15) is 0 Å². The Balaban J connectivity index is 1.55. The van der Waals surface area contributed by atoms with Crippen LogP contribution < -0.4 is 4.90 Å². The molecule has 28 heavy (non-hydrogen) atoms. The molecule has 1 spiro atoms. The molecule has 7 rings (SSSR count). The Morgan fingerprint density at radius 3 is 2.61 bits per heavy atom. The summed E-state index contributed by atoms with van der Waals surface area (Å²) in [7, 11) is 2.33. The Morgan fingerprint density at radius 1 is 1.07 bits per heavy atom. The van der Waals surface area contributed by atoms with Gasteiger partial charge >= 0.3 is 0 Å². The average molecular weight is 383 g/mol. The van der Waals surface area contributed by atoms with E-state index in [0.29, 0.717) is 42.3 Å². The SMILES string of the molecule is CCOC1C2[C@H]3C[C@H]4[C@@H]5N(C)c6ccccc6[C@@]15C[C@@H]2N4[C@H](OCC)[C@H]3CC. The molecule has 0 aromatic heterocycles. The van der Waals surface area contributed by atoms with Gasteiger partial charge in [-0.3, -0.25) is 4.90 Å².